The van der Waals surface area contributed by atoms with Crippen molar-refractivity contribution < 1.29 is 4.79 Å². The van der Waals surface area contributed by atoms with Gasteiger partial charge in [-0.1, -0.05) is 30.3 Å². The molecule has 0 bridgehead atoms. The van der Waals surface area contributed by atoms with E-state index in [-0.39, 0.29) is 5.78 Å². The molecule has 0 spiro atoms. The minimum absolute atomic E-state index is 0.0675. The number of benzene rings is 1. The second-order valence-electron chi connectivity index (χ2n) is 4.05. The molecule has 92 valence electrons. The molecule has 2 rings (SSSR count). The Morgan fingerprint density at radius 2 is 2.00 bits per heavy atom. The highest BCUT2D eigenvalue weighted by Gasteiger charge is 2.09. The van der Waals surface area contributed by atoms with Crippen LogP contribution in [0.1, 0.15) is 10.5 Å². The zero-order valence-electron chi connectivity index (χ0n) is 10.3. The van der Waals surface area contributed by atoms with Crippen molar-refractivity contribution in [3.05, 3.63) is 53.7 Å². The minimum atomic E-state index is -0.0675. The summed E-state index contributed by atoms with van der Waals surface area (Å²) in [5.41, 5.74) is 1.54. The van der Waals surface area contributed by atoms with Crippen LogP contribution < -0.4 is 0 Å². The van der Waals surface area contributed by atoms with Crippen LogP contribution in [0.5, 0.6) is 0 Å². The average Bonchev–Trinajstić information content (AvgIpc) is 2.86. The maximum atomic E-state index is 11.8. The van der Waals surface area contributed by atoms with Gasteiger partial charge in [0, 0.05) is 37.3 Å². The van der Waals surface area contributed by atoms with Crippen LogP contribution in [0, 0.1) is 0 Å². The van der Waals surface area contributed by atoms with Crippen LogP contribution in [0.3, 0.4) is 0 Å². The molecule has 0 atom stereocenters. The molecular formula is C14H14N2OS. The molecule has 2 aromatic rings. The van der Waals surface area contributed by atoms with E-state index in [2.05, 4.69) is 4.98 Å². The van der Waals surface area contributed by atoms with E-state index in [9.17, 15) is 4.79 Å². The topological polar surface area (TPSA) is 33.2 Å². The summed E-state index contributed by atoms with van der Waals surface area (Å²) in [7, 11) is 3.75. The standard InChI is InChI=1S/C14H14N2OS/c1-16(2)9-8-13(17)12-10-18-14(15-12)11-6-4-3-5-7-11/h3-10H,1-2H3. The highest BCUT2D eigenvalue weighted by atomic mass is 32.1. The fourth-order valence-electron chi connectivity index (χ4n) is 1.40. The normalized spacial score (nSPS) is 10.8. The van der Waals surface area contributed by atoms with E-state index in [1.165, 1.54) is 17.4 Å². The summed E-state index contributed by atoms with van der Waals surface area (Å²) >= 11 is 1.49. The van der Waals surface area contributed by atoms with Crippen molar-refractivity contribution in [2.45, 2.75) is 0 Å². The fraction of sp³-hybridized carbons (Fsp3) is 0.143. The molecular weight excluding hydrogens is 244 g/mol. The number of rotatable bonds is 4. The predicted molar refractivity (Wildman–Crippen MR) is 74.7 cm³/mol. The van der Waals surface area contributed by atoms with E-state index in [1.807, 2.05) is 49.3 Å². The molecule has 3 nitrogen and oxygen atoms in total. The third-order valence-electron chi connectivity index (χ3n) is 2.30. The van der Waals surface area contributed by atoms with Crippen molar-refractivity contribution in [2.24, 2.45) is 0 Å². The SMILES string of the molecule is CN(C)C=CC(=O)c1csc(-c2ccccc2)n1. The molecule has 0 unspecified atom stereocenters. The van der Waals surface area contributed by atoms with Gasteiger partial charge in [-0.05, 0) is 0 Å². The molecule has 1 aromatic heterocycles. The number of aromatic nitrogens is 1. The number of carbonyl (C=O) groups excluding carboxylic acids is 1. The molecule has 0 amide bonds. The summed E-state index contributed by atoms with van der Waals surface area (Å²) in [5.74, 6) is -0.0675. The van der Waals surface area contributed by atoms with Gasteiger partial charge in [0.25, 0.3) is 0 Å². The molecule has 0 fully saturated rings. The number of carbonyl (C=O) groups is 1. The molecule has 0 saturated heterocycles. The maximum Gasteiger partial charge on any atom is 0.206 e. The average molecular weight is 258 g/mol. The zero-order chi connectivity index (χ0) is 13.0. The number of nitrogens with zero attached hydrogens (tertiary/aromatic N) is 2. The van der Waals surface area contributed by atoms with Gasteiger partial charge in [0.15, 0.2) is 0 Å². The molecule has 1 aromatic carbocycles. The van der Waals surface area contributed by atoms with Crippen molar-refractivity contribution in [3.63, 3.8) is 0 Å². The summed E-state index contributed by atoms with van der Waals surface area (Å²) in [6.07, 6.45) is 3.26. The Balaban J connectivity index is 2.19. The number of hydrogen-bond acceptors (Lipinski definition) is 4. The lowest BCUT2D eigenvalue weighted by molar-refractivity contribution is 0.104. The Morgan fingerprint density at radius 3 is 2.67 bits per heavy atom. The largest absolute Gasteiger partial charge is 0.383 e. The number of thiazole rings is 1. The number of allylic oxidation sites excluding steroid dienone is 1. The first kappa shape index (κ1) is 12.5. The monoisotopic (exact) mass is 258 g/mol. The van der Waals surface area contributed by atoms with Crippen LogP contribution in [0.2, 0.25) is 0 Å². The lowest BCUT2D eigenvalue weighted by Crippen LogP contribution is -2.03. The van der Waals surface area contributed by atoms with Gasteiger partial charge < -0.3 is 4.90 Å². The van der Waals surface area contributed by atoms with Crippen LogP contribution in [-0.2, 0) is 0 Å². The highest BCUT2D eigenvalue weighted by Crippen LogP contribution is 2.23. The van der Waals surface area contributed by atoms with Crippen LogP contribution in [-0.4, -0.2) is 29.8 Å². The summed E-state index contributed by atoms with van der Waals surface area (Å²) in [6.45, 7) is 0. The molecule has 18 heavy (non-hydrogen) atoms. The first-order chi connectivity index (χ1) is 8.66. The Morgan fingerprint density at radius 1 is 1.28 bits per heavy atom. The van der Waals surface area contributed by atoms with Gasteiger partial charge in [0.2, 0.25) is 5.78 Å². The summed E-state index contributed by atoms with van der Waals surface area (Å²) in [6, 6.07) is 9.86. The smallest absolute Gasteiger partial charge is 0.206 e. The van der Waals surface area contributed by atoms with Crippen molar-refractivity contribution in [3.8, 4) is 10.6 Å². The van der Waals surface area contributed by atoms with Crippen molar-refractivity contribution in [1.82, 2.24) is 9.88 Å². The summed E-state index contributed by atoms with van der Waals surface area (Å²) in [5, 5.41) is 2.67. The van der Waals surface area contributed by atoms with Gasteiger partial charge in [0.05, 0.1) is 0 Å². The van der Waals surface area contributed by atoms with Crippen molar-refractivity contribution in [2.75, 3.05) is 14.1 Å². The third-order valence-corrected chi connectivity index (χ3v) is 3.19. The maximum absolute atomic E-state index is 11.8. The van der Waals surface area contributed by atoms with E-state index < -0.39 is 0 Å². The van der Waals surface area contributed by atoms with E-state index >= 15 is 0 Å². The van der Waals surface area contributed by atoms with Gasteiger partial charge in [-0.15, -0.1) is 11.3 Å². The Hall–Kier alpha value is -1.94. The lowest BCUT2D eigenvalue weighted by atomic mass is 10.2. The number of ketones is 1. The molecule has 0 aliphatic heterocycles. The van der Waals surface area contributed by atoms with Crippen molar-refractivity contribution >= 4 is 17.1 Å². The van der Waals surface area contributed by atoms with Crippen LogP contribution >= 0.6 is 11.3 Å². The highest BCUT2D eigenvalue weighted by molar-refractivity contribution is 7.13. The molecule has 0 radical (unpaired) electrons. The van der Waals surface area contributed by atoms with E-state index in [0.717, 1.165) is 10.6 Å². The van der Waals surface area contributed by atoms with E-state index in [0.29, 0.717) is 5.69 Å². The van der Waals surface area contributed by atoms with Gasteiger partial charge >= 0.3 is 0 Å². The summed E-state index contributed by atoms with van der Waals surface area (Å²) in [4.78, 5) is 18.0. The van der Waals surface area contributed by atoms with Gasteiger partial charge in [-0.3, -0.25) is 4.79 Å². The number of hydrogen-bond donors (Lipinski definition) is 0. The molecule has 0 saturated carbocycles. The van der Waals surface area contributed by atoms with Crippen LogP contribution in [0.15, 0.2) is 48.0 Å². The van der Waals surface area contributed by atoms with E-state index in [4.69, 9.17) is 0 Å². The Bertz CT molecular complexity index is 558. The lowest BCUT2D eigenvalue weighted by Gasteiger charge is -2.01. The molecule has 4 heteroatoms. The van der Waals surface area contributed by atoms with Crippen LogP contribution in [0.4, 0.5) is 0 Å². The predicted octanol–water partition coefficient (Wildman–Crippen LogP) is 3.07. The summed E-state index contributed by atoms with van der Waals surface area (Å²) < 4.78 is 0. The first-order valence-electron chi connectivity index (χ1n) is 5.57. The van der Waals surface area contributed by atoms with E-state index in [1.54, 1.807) is 11.6 Å². The Kier molecular flexibility index (Phi) is 3.89. The second-order valence-corrected chi connectivity index (χ2v) is 4.91. The molecule has 0 N–H and O–H groups in total. The second kappa shape index (κ2) is 5.60. The molecule has 1 heterocycles. The fourth-order valence-corrected chi connectivity index (χ4v) is 2.22. The third kappa shape index (κ3) is 3.05. The van der Waals surface area contributed by atoms with Gasteiger partial charge in [-0.25, -0.2) is 4.98 Å². The van der Waals surface area contributed by atoms with Gasteiger partial charge in [-0.2, -0.15) is 0 Å². The van der Waals surface area contributed by atoms with Crippen LogP contribution in [0.25, 0.3) is 10.6 Å². The minimum Gasteiger partial charge on any atom is -0.383 e. The quantitative estimate of drug-likeness (QED) is 0.624. The molecule has 0 aliphatic carbocycles. The first-order valence-corrected chi connectivity index (χ1v) is 6.44. The Labute approximate surface area is 110 Å². The van der Waals surface area contributed by atoms with Crippen molar-refractivity contribution in [1.29, 1.82) is 0 Å². The zero-order valence-corrected chi connectivity index (χ0v) is 11.1. The van der Waals surface area contributed by atoms with Gasteiger partial charge in [0.1, 0.15) is 10.7 Å². The molecule has 0 aliphatic rings.